The zero-order valence-electron chi connectivity index (χ0n) is 8.37. The summed E-state index contributed by atoms with van der Waals surface area (Å²) in [5.41, 5.74) is 7.26. The lowest BCUT2D eigenvalue weighted by Crippen LogP contribution is -2.11. The van der Waals surface area contributed by atoms with Crippen LogP contribution in [-0.4, -0.2) is 13.7 Å². The molecule has 1 unspecified atom stereocenters. The normalized spacial score (nSPS) is 12.8. The van der Waals surface area contributed by atoms with Gasteiger partial charge >= 0.3 is 0 Å². The number of halogens is 1. The van der Waals surface area contributed by atoms with Gasteiger partial charge in [0.2, 0.25) is 0 Å². The van der Waals surface area contributed by atoms with E-state index in [-0.39, 0.29) is 6.04 Å². The highest BCUT2D eigenvalue weighted by atomic mass is 127. The second-order valence-electron chi connectivity index (χ2n) is 3.30. The van der Waals surface area contributed by atoms with Gasteiger partial charge in [0.1, 0.15) is 0 Å². The Morgan fingerprint density at radius 1 is 1.50 bits per heavy atom. The molecule has 0 bridgehead atoms. The van der Waals surface area contributed by atoms with Crippen molar-refractivity contribution in [3.05, 3.63) is 33.4 Å². The van der Waals surface area contributed by atoms with Crippen molar-refractivity contribution in [1.82, 2.24) is 0 Å². The topological polar surface area (TPSA) is 35.2 Å². The predicted molar refractivity (Wildman–Crippen MR) is 67.2 cm³/mol. The molecule has 2 nitrogen and oxygen atoms in total. The number of nitrogens with two attached hydrogens (primary N) is 1. The van der Waals surface area contributed by atoms with Crippen LogP contribution in [-0.2, 0) is 4.74 Å². The van der Waals surface area contributed by atoms with Gasteiger partial charge in [-0.25, -0.2) is 0 Å². The Morgan fingerprint density at radius 2 is 2.29 bits per heavy atom. The van der Waals surface area contributed by atoms with Crippen LogP contribution < -0.4 is 5.73 Å². The van der Waals surface area contributed by atoms with Crippen LogP contribution in [0, 0.1) is 3.57 Å². The molecule has 1 aromatic carbocycles. The Balaban J connectivity index is 2.47. The molecule has 0 amide bonds. The summed E-state index contributed by atoms with van der Waals surface area (Å²) in [6.45, 7) is 0.789. The molecular weight excluding hydrogens is 289 g/mol. The predicted octanol–water partition coefficient (Wildman–Crippen LogP) is 2.72. The fourth-order valence-electron chi connectivity index (χ4n) is 1.35. The number of methoxy groups -OCH3 is 1. The molecule has 0 radical (unpaired) electrons. The van der Waals surface area contributed by atoms with Gasteiger partial charge in [-0.1, -0.05) is 12.1 Å². The maximum absolute atomic E-state index is 6.05. The van der Waals surface area contributed by atoms with E-state index in [0.29, 0.717) is 0 Å². The van der Waals surface area contributed by atoms with E-state index in [2.05, 4.69) is 40.8 Å². The molecule has 0 saturated carbocycles. The van der Waals surface area contributed by atoms with E-state index in [1.54, 1.807) is 7.11 Å². The third-order valence-corrected chi connectivity index (χ3v) is 2.81. The Bertz CT molecular complexity index is 278. The largest absolute Gasteiger partial charge is 0.385 e. The van der Waals surface area contributed by atoms with Crippen molar-refractivity contribution in [2.75, 3.05) is 13.7 Å². The van der Waals surface area contributed by atoms with Crippen LogP contribution in [0.4, 0.5) is 0 Å². The Morgan fingerprint density at radius 3 is 2.93 bits per heavy atom. The van der Waals surface area contributed by atoms with Crippen molar-refractivity contribution >= 4 is 22.6 Å². The summed E-state index contributed by atoms with van der Waals surface area (Å²) in [7, 11) is 1.72. The number of rotatable bonds is 5. The number of ether oxygens (including phenoxy) is 1. The third kappa shape index (κ3) is 3.94. The molecule has 0 fully saturated rings. The molecule has 0 aliphatic heterocycles. The first kappa shape index (κ1) is 11.9. The molecule has 3 heteroatoms. The summed E-state index contributed by atoms with van der Waals surface area (Å²) in [6, 6.07) is 8.48. The summed E-state index contributed by atoms with van der Waals surface area (Å²) in [4.78, 5) is 0. The van der Waals surface area contributed by atoms with Crippen LogP contribution in [0.3, 0.4) is 0 Å². The summed E-state index contributed by atoms with van der Waals surface area (Å²) >= 11 is 2.30. The standard InChI is InChI=1S/C11H16INO/c1-14-7-3-6-11(13)9-4-2-5-10(12)8-9/h2,4-5,8,11H,3,6-7,13H2,1H3. The zero-order chi connectivity index (χ0) is 10.4. The second kappa shape index (κ2) is 6.37. The quantitative estimate of drug-likeness (QED) is 0.670. The van der Waals surface area contributed by atoms with Gasteiger partial charge < -0.3 is 10.5 Å². The lowest BCUT2D eigenvalue weighted by atomic mass is 10.0. The molecule has 2 N–H and O–H groups in total. The van der Waals surface area contributed by atoms with E-state index in [9.17, 15) is 0 Å². The van der Waals surface area contributed by atoms with Gasteiger partial charge in [-0.15, -0.1) is 0 Å². The van der Waals surface area contributed by atoms with Gasteiger partial charge in [0, 0.05) is 23.3 Å². The highest BCUT2D eigenvalue weighted by molar-refractivity contribution is 14.1. The number of hydrogen-bond acceptors (Lipinski definition) is 2. The molecule has 14 heavy (non-hydrogen) atoms. The van der Waals surface area contributed by atoms with Crippen LogP contribution >= 0.6 is 22.6 Å². The minimum absolute atomic E-state index is 0.139. The summed E-state index contributed by atoms with van der Waals surface area (Å²) in [5, 5.41) is 0. The van der Waals surface area contributed by atoms with Crippen LogP contribution in [0.1, 0.15) is 24.4 Å². The third-order valence-electron chi connectivity index (χ3n) is 2.14. The van der Waals surface area contributed by atoms with Crippen molar-refractivity contribution in [3.8, 4) is 0 Å². The Hall–Kier alpha value is -0.130. The summed E-state index contributed by atoms with van der Waals surface area (Å²) in [5.74, 6) is 0. The average Bonchev–Trinajstić information content (AvgIpc) is 2.18. The van der Waals surface area contributed by atoms with E-state index >= 15 is 0 Å². The van der Waals surface area contributed by atoms with Gasteiger partial charge in [-0.2, -0.15) is 0 Å². The molecule has 1 aromatic rings. The number of benzene rings is 1. The molecule has 0 spiro atoms. The van der Waals surface area contributed by atoms with Gasteiger partial charge in [0.05, 0.1) is 0 Å². The Kier molecular flexibility index (Phi) is 5.44. The monoisotopic (exact) mass is 305 g/mol. The van der Waals surface area contributed by atoms with E-state index in [1.807, 2.05) is 6.07 Å². The smallest absolute Gasteiger partial charge is 0.0462 e. The highest BCUT2D eigenvalue weighted by Crippen LogP contribution is 2.17. The van der Waals surface area contributed by atoms with E-state index in [4.69, 9.17) is 10.5 Å². The van der Waals surface area contributed by atoms with Crippen molar-refractivity contribution in [2.24, 2.45) is 5.73 Å². The van der Waals surface area contributed by atoms with Gasteiger partial charge in [-0.05, 0) is 53.1 Å². The van der Waals surface area contributed by atoms with Crippen LogP contribution in [0.15, 0.2) is 24.3 Å². The molecule has 1 atom stereocenters. The molecule has 0 saturated heterocycles. The SMILES string of the molecule is COCCCC(N)c1cccc(I)c1. The lowest BCUT2D eigenvalue weighted by molar-refractivity contribution is 0.190. The van der Waals surface area contributed by atoms with Crippen LogP contribution in [0.2, 0.25) is 0 Å². The molecule has 0 heterocycles. The number of hydrogen-bond donors (Lipinski definition) is 1. The van der Waals surface area contributed by atoms with Crippen molar-refractivity contribution in [3.63, 3.8) is 0 Å². The van der Waals surface area contributed by atoms with Crippen LogP contribution in [0.5, 0.6) is 0 Å². The fourth-order valence-corrected chi connectivity index (χ4v) is 1.92. The fraction of sp³-hybridized carbons (Fsp3) is 0.455. The van der Waals surface area contributed by atoms with Gasteiger partial charge in [-0.3, -0.25) is 0 Å². The maximum Gasteiger partial charge on any atom is 0.0462 e. The van der Waals surface area contributed by atoms with Crippen molar-refractivity contribution in [1.29, 1.82) is 0 Å². The molecule has 0 aliphatic carbocycles. The first-order valence-corrected chi connectivity index (χ1v) is 5.82. The lowest BCUT2D eigenvalue weighted by Gasteiger charge is -2.11. The van der Waals surface area contributed by atoms with E-state index < -0.39 is 0 Å². The first-order chi connectivity index (χ1) is 6.74. The van der Waals surface area contributed by atoms with Crippen molar-refractivity contribution < 1.29 is 4.74 Å². The molecule has 0 aromatic heterocycles. The minimum Gasteiger partial charge on any atom is -0.385 e. The van der Waals surface area contributed by atoms with Crippen LogP contribution in [0.25, 0.3) is 0 Å². The molecule has 0 aliphatic rings. The van der Waals surface area contributed by atoms with Gasteiger partial charge in [0.25, 0.3) is 0 Å². The highest BCUT2D eigenvalue weighted by Gasteiger charge is 2.05. The Labute approximate surface area is 99.0 Å². The zero-order valence-corrected chi connectivity index (χ0v) is 10.5. The van der Waals surface area contributed by atoms with Gasteiger partial charge in [0.15, 0.2) is 0 Å². The second-order valence-corrected chi connectivity index (χ2v) is 4.54. The van der Waals surface area contributed by atoms with E-state index in [0.717, 1.165) is 19.4 Å². The molecular formula is C11H16INO. The van der Waals surface area contributed by atoms with Crippen molar-refractivity contribution in [2.45, 2.75) is 18.9 Å². The average molecular weight is 305 g/mol. The first-order valence-electron chi connectivity index (χ1n) is 4.74. The van der Waals surface area contributed by atoms with E-state index in [1.165, 1.54) is 9.13 Å². The maximum atomic E-state index is 6.05. The summed E-state index contributed by atoms with van der Waals surface area (Å²) in [6.07, 6.45) is 2.00. The molecule has 78 valence electrons. The summed E-state index contributed by atoms with van der Waals surface area (Å²) < 4.78 is 6.23. The minimum atomic E-state index is 0.139. The molecule has 1 rings (SSSR count).